The highest BCUT2D eigenvalue weighted by atomic mass is 32.1. The van der Waals surface area contributed by atoms with E-state index in [0.717, 1.165) is 133 Å². The Kier molecular flexibility index (Phi) is 29.7. The molecule has 11 heterocycles. The van der Waals surface area contributed by atoms with E-state index in [1.54, 1.807) is 55.4 Å². The number of rotatable bonds is 21. The lowest BCUT2D eigenvalue weighted by molar-refractivity contribution is 0.0835. The first-order valence-electron chi connectivity index (χ1n) is 35.3. The van der Waals surface area contributed by atoms with Crippen molar-refractivity contribution < 1.29 is 37.0 Å². The van der Waals surface area contributed by atoms with Gasteiger partial charge < -0.3 is 41.4 Å². The minimum absolute atomic E-state index is 0. The van der Waals surface area contributed by atoms with Crippen LogP contribution in [0.1, 0.15) is 148 Å². The van der Waals surface area contributed by atoms with E-state index in [-0.39, 0.29) is 86.2 Å². The van der Waals surface area contributed by atoms with Crippen LogP contribution in [0.2, 0.25) is 0 Å². The average Bonchev–Trinajstić information content (AvgIpc) is 0.777. The van der Waals surface area contributed by atoms with Gasteiger partial charge in [0.1, 0.15) is 59.7 Å². The second-order valence-corrected chi connectivity index (χ2v) is 25.8. The predicted octanol–water partition coefficient (Wildman–Crippen LogP) is 12.3. The molecular weight excluding hydrogens is 1460 g/mol. The van der Waals surface area contributed by atoms with E-state index in [1.807, 2.05) is 70.2 Å². The monoisotopic (exact) mass is 1550 g/mol. The molecule has 12 aromatic rings. The Labute approximate surface area is 654 Å². The van der Waals surface area contributed by atoms with Crippen molar-refractivity contribution in [1.29, 1.82) is 0 Å². The highest BCUT2D eigenvalue weighted by Crippen LogP contribution is 2.34. The first-order chi connectivity index (χ1) is 52.1. The van der Waals surface area contributed by atoms with Gasteiger partial charge >= 0.3 is 0 Å². The standard InChI is InChI=1S/2C27H28FN7O2.C24H24FN7O.3H2S/c1-16(19-3-4-21(28)24-20(27(36)29-2)5-8-30-25(19)24)12-31-23-11-22(34-15-35-23)18-13-32-26(33-14-18)17-6-9-37-10-7-17;1-16(19-4-3-5-20-24(27(36)29-2)21(28)14-31-25(19)20)11-30-23-10-22(34-15-35-23)18-12-32-26(33-13-18)17-6-8-37-9-7-17;1-4-20-28-10-15(11-29-20)19-8-21(32-13-31-19)27-9-14(2)16-6-5-7-17-22(24(33)26-3)18(25)12-30-23(16)17;;;/h3-5,8,11,13-17H,6-7,9-10,12H2,1-2H3,(H,29,36)(H,31,34,35);3-5,10,12-17H,6-9,11H2,1-2H3,(H,29,36)(H,30,34,35);5-8,10-14H,4,9H2,1-3H3,(H,26,33)(H,27,31,32);3*1H2/t2*16-;14-;;;/m111.../s1. The van der Waals surface area contributed by atoms with Crippen molar-refractivity contribution in [2.75, 3.05) is 83.2 Å². The molecule has 9 aromatic heterocycles. The fourth-order valence-electron chi connectivity index (χ4n) is 12.8. The van der Waals surface area contributed by atoms with Gasteiger partial charge in [-0.1, -0.05) is 70.2 Å². The van der Waals surface area contributed by atoms with Crippen LogP contribution in [0, 0.1) is 17.5 Å². The minimum atomic E-state index is -0.645. The Balaban J connectivity index is 0.000000188. The van der Waals surface area contributed by atoms with E-state index in [1.165, 1.54) is 58.5 Å². The van der Waals surface area contributed by atoms with Crippen molar-refractivity contribution in [3.63, 3.8) is 0 Å². The van der Waals surface area contributed by atoms with Crippen molar-refractivity contribution in [2.45, 2.75) is 89.4 Å². The summed E-state index contributed by atoms with van der Waals surface area (Å²) in [5.74, 6) is 1.99. The number of nitrogens with one attached hydrogen (secondary N) is 6. The Morgan fingerprint density at radius 1 is 0.436 bits per heavy atom. The third-order valence-electron chi connectivity index (χ3n) is 18.8. The molecule has 3 amide bonds. The number of carbonyl (C=O) groups excluding carboxylic acids is 3. The Morgan fingerprint density at radius 3 is 1.20 bits per heavy atom. The molecule has 0 spiro atoms. The number of carbonyl (C=O) groups is 3. The number of pyridine rings is 3. The van der Waals surface area contributed by atoms with Crippen molar-refractivity contribution >= 4 is 108 Å². The average molecular weight is 1550 g/mol. The molecule has 14 rings (SSSR count). The van der Waals surface area contributed by atoms with Crippen LogP contribution in [0.3, 0.4) is 0 Å². The number of hydrogen-bond acceptors (Lipinski definition) is 23. The summed E-state index contributed by atoms with van der Waals surface area (Å²) >= 11 is 0. The van der Waals surface area contributed by atoms with E-state index in [2.05, 4.69) is 107 Å². The zero-order chi connectivity index (χ0) is 74.9. The van der Waals surface area contributed by atoms with Crippen molar-refractivity contribution in [3.05, 3.63) is 216 Å². The molecule has 32 heteroatoms. The summed E-state index contributed by atoms with van der Waals surface area (Å²) in [6.45, 7) is 12.7. The van der Waals surface area contributed by atoms with Crippen molar-refractivity contribution in [3.8, 4) is 33.8 Å². The number of benzene rings is 3. The fourth-order valence-corrected chi connectivity index (χ4v) is 12.8. The third-order valence-corrected chi connectivity index (χ3v) is 18.8. The first-order valence-corrected chi connectivity index (χ1v) is 35.3. The summed E-state index contributed by atoms with van der Waals surface area (Å²) in [4.78, 5) is 103. The summed E-state index contributed by atoms with van der Waals surface area (Å²) in [5, 5.41) is 18.8. The van der Waals surface area contributed by atoms with Crippen LogP contribution in [0.25, 0.3) is 66.5 Å². The summed E-state index contributed by atoms with van der Waals surface area (Å²) in [7, 11) is 4.48. The van der Waals surface area contributed by atoms with Gasteiger partial charge in [-0.3, -0.25) is 29.3 Å². The van der Waals surface area contributed by atoms with E-state index >= 15 is 0 Å². The second-order valence-electron chi connectivity index (χ2n) is 25.8. The maximum Gasteiger partial charge on any atom is 0.254 e. The lowest BCUT2D eigenvalue weighted by Crippen LogP contribution is -2.20. The molecule has 6 N–H and O–H groups in total. The molecule has 0 radical (unpaired) electrons. The molecular formula is C78H86F3N21O5S3. The molecule has 2 aliphatic rings. The Hall–Kier alpha value is -11.1. The Bertz CT molecular complexity index is 5140. The normalized spacial score (nSPS) is 13.6. The molecule has 0 bridgehead atoms. The van der Waals surface area contributed by atoms with E-state index in [4.69, 9.17) is 9.47 Å². The molecule has 2 aliphatic heterocycles. The van der Waals surface area contributed by atoms with Gasteiger partial charge in [0.15, 0.2) is 11.6 Å². The number of ether oxygens (including phenoxy) is 2. The summed E-state index contributed by atoms with van der Waals surface area (Å²) in [5.41, 5.74) is 9.18. The lowest BCUT2D eigenvalue weighted by atomic mass is 9.95. The van der Waals surface area contributed by atoms with E-state index < -0.39 is 29.3 Å². The van der Waals surface area contributed by atoms with Gasteiger partial charge in [-0.15, -0.1) is 0 Å². The maximum absolute atomic E-state index is 14.7. The third kappa shape index (κ3) is 19.7. The largest absolute Gasteiger partial charge is 0.381 e. The van der Waals surface area contributed by atoms with Gasteiger partial charge in [0.05, 0.1) is 62.7 Å². The van der Waals surface area contributed by atoms with Gasteiger partial charge in [0.25, 0.3) is 17.7 Å². The number of aryl methyl sites for hydroxylation is 1. The molecule has 572 valence electrons. The molecule has 110 heavy (non-hydrogen) atoms. The number of amides is 3. The second kappa shape index (κ2) is 39.3. The topological polar surface area (TPSA) is 335 Å². The number of halogens is 3. The first kappa shape index (κ1) is 83.0. The van der Waals surface area contributed by atoms with Crippen molar-refractivity contribution in [1.82, 2.24) is 90.7 Å². The summed E-state index contributed by atoms with van der Waals surface area (Å²) in [6, 6.07) is 21.1. The SMILES string of the molecule is CCc1ncc(-c2cc(NC[C@@H](C)c3cccc4c(C(=O)NC)c(F)cnc34)ncn2)cn1.CNC(=O)c1c(F)cnc2c([C@H](C)CNc3cc(-c4cnc(C5CCOCC5)nc4)ncn3)cccc12.CNC(=O)c1ccnc2c([C@H](C)CNc3cc(-c4cnc(C5CCOCC5)nc4)ncn3)ccc(F)c12.S.S.S. The van der Waals surface area contributed by atoms with Gasteiger partial charge in [-0.05, 0) is 54.5 Å². The van der Waals surface area contributed by atoms with Crippen molar-refractivity contribution in [2.24, 2.45) is 0 Å². The van der Waals surface area contributed by atoms with Crippen LogP contribution >= 0.6 is 40.5 Å². The number of aromatic nitrogens is 15. The minimum Gasteiger partial charge on any atom is -0.381 e. The number of hydrogen-bond donors (Lipinski definition) is 6. The van der Waals surface area contributed by atoms with Crippen LogP contribution in [-0.2, 0) is 15.9 Å². The zero-order valence-electron chi connectivity index (χ0n) is 61.6. The van der Waals surface area contributed by atoms with Crippen LogP contribution in [0.5, 0.6) is 0 Å². The number of anilines is 3. The van der Waals surface area contributed by atoms with Gasteiger partial charge in [0.2, 0.25) is 0 Å². The number of para-hydroxylation sites is 2. The smallest absolute Gasteiger partial charge is 0.254 e. The fraction of sp³-hybridized carbons (Fsp3) is 0.308. The lowest BCUT2D eigenvalue weighted by Gasteiger charge is -2.20. The molecule has 0 aliphatic carbocycles. The molecule has 0 saturated carbocycles. The van der Waals surface area contributed by atoms with Crippen LogP contribution in [0.15, 0.2) is 148 Å². The van der Waals surface area contributed by atoms with E-state index in [9.17, 15) is 27.6 Å². The highest BCUT2D eigenvalue weighted by molar-refractivity contribution is 7.59. The van der Waals surface area contributed by atoms with Gasteiger partial charge in [0, 0.05) is 198 Å². The summed E-state index contributed by atoms with van der Waals surface area (Å²) in [6.07, 6.45) is 23.5. The summed E-state index contributed by atoms with van der Waals surface area (Å²) < 4.78 is 54.3. The molecule has 2 fully saturated rings. The van der Waals surface area contributed by atoms with Crippen LogP contribution in [-0.4, -0.2) is 160 Å². The predicted molar refractivity (Wildman–Crippen MR) is 431 cm³/mol. The quantitative estimate of drug-likeness (QED) is 0.0389. The zero-order valence-corrected chi connectivity index (χ0v) is 64.6. The van der Waals surface area contributed by atoms with E-state index in [0.29, 0.717) is 81.9 Å². The van der Waals surface area contributed by atoms with Gasteiger partial charge in [-0.25, -0.2) is 73.0 Å². The molecule has 26 nitrogen and oxygen atoms in total. The number of fused-ring (bicyclic) bond motifs is 3. The number of nitrogens with zero attached hydrogens (tertiary/aromatic N) is 15. The highest BCUT2D eigenvalue weighted by Gasteiger charge is 2.25. The van der Waals surface area contributed by atoms with Crippen LogP contribution in [0.4, 0.5) is 30.6 Å². The molecule has 0 unspecified atom stereocenters. The van der Waals surface area contributed by atoms with Crippen LogP contribution < -0.4 is 31.9 Å². The van der Waals surface area contributed by atoms with Gasteiger partial charge in [-0.2, -0.15) is 40.5 Å². The molecule has 2 saturated heterocycles. The Morgan fingerprint density at radius 2 is 0.818 bits per heavy atom. The maximum atomic E-state index is 14.7. The molecule has 3 atom stereocenters. The molecule has 3 aromatic carbocycles.